The van der Waals surface area contributed by atoms with Crippen LogP contribution in [0.4, 0.5) is 0 Å². The van der Waals surface area contributed by atoms with Gasteiger partial charge in [0.05, 0.1) is 6.42 Å². The van der Waals surface area contributed by atoms with Crippen molar-refractivity contribution in [3.63, 3.8) is 0 Å². The van der Waals surface area contributed by atoms with Crippen molar-refractivity contribution in [2.24, 2.45) is 0 Å². The highest BCUT2D eigenvalue weighted by Crippen LogP contribution is 2.12. The monoisotopic (exact) mass is 287 g/mol. The molecule has 1 aromatic rings. The van der Waals surface area contributed by atoms with Crippen molar-refractivity contribution >= 4 is 16.2 Å². The fourth-order valence-electron chi connectivity index (χ4n) is 1.41. The maximum absolute atomic E-state index is 11.9. The summed E-state index contributed by atoms with van der Waals surface area (Å²) >= 11 is 0. The second kappa shape index (κ2) is 6.60. The van der Waals surface area contributed by atoms with E-state index in [2.05, 4.69) is 9.71 Å². The van der Waals surface area contributed by atoms with Gasteiger partial charge in [-0.05, 0) is 24.6 Å². The molecule has 106 valence electrons. The largest absolute Gasteiger partial charge is 0.481 e. The zero-order chi connectivity index (χ0) is 14.5. The lowest BCUT2D eigenvalue weighted by Crippen LogP contribution is -2.40. The molecule has 19 heavy (non-hydrogen) atoms. The lowest BCUT2D eigenvalue weighted by Gasteiger charge is -2.20. The van der Waals surface area contributed by atoms with E-state index in [9.17, 15) is 13.2 Å². The molecule has 1 aromatic heterocycles. The number of nitrogens with zero attached hydrogens (tertiary/aromatic N) is 2. The van der Waals surface area contributed by atoms with Gasteiger partial charge < -0.3 is 5.11 Å². The van der Waals surface area contributed by atoms with Gasteiger partial charge in [0.15, 0.2) is 0 Å². The van der Waals surface area contributed by atoms with Gasteiger partial charge in [0.2, 0.25) is 0 Å². The molecule has 1 rings (SSSR count). The Morgan fingerprint density at radius 2 is 2.05 bits per heavy atom. The van der Waals surface area contributed by atoms with Crippen LogP contribution in [-0.4, -0.2) is 42.4 Å². The zero-order valence-corrected chi connectivity index (χ0v) is 11.6. The number of rotatable bonds is 7. The maximum atomic E-state index is 11.9. The Balaban J connectivity index is 2.66. The maximum Gasteiger partial charge on any atom is 0.304 e. The van der Waals surface area contributed by atoms with Gasteiger partial charge in [0, 0.05) is 32.0 Å². The standard InChI is InChI=1S/C11H17N3O4S/c1-9(10-3-6-12-7-4-10)13-19(17,18)14(2)8-5-11(15)16/h3-4,6-7,9,13H,5,8H2,1-2H3,(H,15,16)/t9-/m0/s1. The Bertz CT molecular complexity index is 518. The summed E-state index contributed by atoms with van der Waals surface area (Å²) in [4.78, 5) is 14.3. The molecule has 0 spiro atoms. The first-order valence-electron chi connectivity index (χ1n) is 5.68. The molecule has 0 aliphatic heterocycles. The van der Waals surface area contributed by atoms with Crippen LogP contribution in [0.5, 0.6) is 0 Å². The van der Waals surface area contributed by atoms with Crippen LogP contribution in [0, 0.1) is 0 Å². The van der Waals surface area contributed by atoms with Crippen LogP contribution < -0.4 is 4.72 Å². The molecule has 1 atom stereocenters. The average molecular weight is 287 g/mol. The second-order valence-corrected chi connectivity index (χ2v) is 5.90. The van der Waals surface area contributed by atoms with E-state index in [0.29, 0.717) is 0 Å². The molecule has 0 bridgehead atoms. The fraction of sp³-hybridized carbons (Fsp3) is 0.455. The van der Waals surface area contributed by atoms with Crippen LogP contribution in [0.25, 0.3) is 0 Å². The van der Waals surface area contributed by atoms with Crippen molar-refractivity contribution < 1.29 is 18.3 Å². The van der Waals surface area contributed by atoms with E-state index < -0.39 is 22.2 Å². The molecule has 0 aliphatic carbocycles. The molecule has 0 amide bonds. The normalized spacial score (nSPS) is 13.4. The van der Waals surface area contributed by atoms with E-state index in [1.165, 1.54) is 7.05 Å². The van der Waals surface area contributed by atoms with Gasteiger partial charge in [-0.2, -0.15) is 17.4 Å². The van der Waals surface area contributed by atoms with Gasteiger partial charge in [-0.1, -0.05) is 0 Å². The summed E-state index contributed by atoms with van der Waals surface area (Å²) in [7, 11) is -2.37. The first-order valence-corrected chi connectivity index (χ1v) is 7.12. The smallest absolute Gasteiger partial charge is 0.304 e. The third-order valence-electron chi connectivity index (χ3n) is 2.58. The van der Waals surface area contributed by atoms with Crippen LogP contribution in [0.2, 0.25) is 0 Å². The van der Waals surface area contributed by atoms with Crippen LogP contribution in [-0.2, 0) is 15.0 Å². The molecule has 0 aromatic carbocycles. The molecule has 0 radical (unpaired) electrons. The van der Waals surface area contributed by atoms with Gasteiger partial charge in [-0.25, -0.2) is 0 Å². The molecule has 7 nitrogen and oxygen atoms in total. The van der Waals surface area contributed by atoms with E-state index in [-0.39, 0.29) is 13.0 Å². The Hall–Kier alpha value is -1.51. The minimum Gasteiger partial charge on any atom is -0.481 e. The average Bonchev–Trinajstić information content (AvgIpc) is 2.36. The van der Waals surface area contributed by atoms with Crippen molar-refractivity contribution in [1.82, 2.24) is 14.0 Å². The van der Waals surface area contributed by atoms with E-state index in [4.69, 9.17) is 5.11 Å². The minimum absolute atomic E-state index is 0.0757. The number of carboxylic acids is 1. The van der Waals surface area contributed by atoms with E-state index >= 15 is 0 Å². The van der Waals surface area contributed by atoms with Crippen molar-refractivity contribution in [2.45, 2.75) is 19.4 Å². The molecule has 0 saturated carbocycles. The van der Waals surface area contributed by atoms with Gasteiger partial charge >= 0.3 is 5.97 Å². The van der Waals surface area contributed by atoms with Crippen LogP contribution in [0.1, 0.15) is 24.9 Å². The summed E-state index contributed by atoms with van der Waals surface area (Å²) in [5.41, 5.74) is 0.783. The summed E-state index contributed by atoms with van der Waals surface area (Å²) in [5, 5.41) is 8.54. The van der Waals surface area contributed by atoms with Crippen LogP contribution in [0.15, 0.2) is 24.5 Å². The number of hydrogen-bond acceptors (Lipinski definition) is 4. The number of carbonyl (C=O) groups is 1. The zero-order valence-electron chi connectivity index (χ0n) is 10.8. The highest BCUT2D eigenvalue weighted by molar-refractivity contribution is 7.87. The van der Waals surface area contributed by atoms with Crippen LogP contribution >= 0.6 is 0 Å². The van der Waals surface area contributed by atoms with Gasteiger partial charge in [-0.15, -0.1) is 0 Å². The Morgan fingerprint density at radius 3 is 2.58 bits per heavy atom. The number of pyridine rings is 1. The van der Waals surface area contributed by atoms with Crippen molar-refractivity contribution in [3.05, 3.63) is 30.1 Å². The SMILES string of the molecule is C[C@H](NS(=O)(=O)N(C)CCC(=O)O)c1ccncc1. The number of carboxylic acid groups (broad SMARTS) is 1. The highest BCUT2D eigenvalue weighted by Gasteiger charge is 2.21. The van der Waals surface area contributed by atoms with Crippen LogP contribution in [0.3, 0.4) is 0 Å². The lowest BCUT2D eigenvalue weighted by molar-refractivity contribution is -0.137. The predicted octanol–water partition coefficient (Wildman–Crippen LogP) is 0.384. The van der Waals surface area contributed by atoms with E-state index in [1.54, 1.807) is 31.5 Å². The molecule has 2 N–H and O–H groups in total. The number of aliphatic carboxylic acids is 1. The van der Waals surface area contributed by atoms with Crippen molar-refractivity contribution in [2.75, 3.05) is 13.6 Å². The molecule has 0 saturated heterocycles. The number of aromatic nitrogens is 1. The Labute approximate surface area is 112 Å². The Kier molecular flexibility index (Phi) is 5.40. The third-order valence-corrected chi connectivity index (χ3v) is 4.24. The summed E-state index contributed by atoms with van der Waals surface area (Å²) in [6.07, 6.45) is 2.92. The summed E-state index contributed by atoms with van der Waals surface area (Å²) in [6, 6.07) is 3.01. The number of nitrogens with one attached hydrogen (secondary N) is 1. The molecule has 8 heteroatoms. The topological polar surface area (TPSA) is 99.6 Å². The Morgan fingerprint density at radius 1 is 1.47 bits per heavy atom. The fourth-order valence-corrected chi connectivity index (χ4v) is 2.50. The molecule has 0 unspecified atom stereocenters. The quantitative estimate of drug-likeness (QED) is 0.755. The van der Waals surface area contributed by atoms with Crippen molar-refractivity contribution in [1.29, 1.82) is 0 Å². The first-order chi connectivity index (χ1) is 8.83. The first kappa shape index (κ1) is 15.5. The van der Waals surface area contributed by atoms with Crippen molar-refractivity contribution in [3.8, 4) is 0 Å². The van der Waals surface area contributed by atoms with Gasteiger partial charge in [0.1, 0.15) is 0 Å². The minimum atomic E-state index is -3.70. The third kappa shape index (κ3) is 4.93. The lowest BCUT2D eigenvalue weighted by atomic mass is 10.1. The van der Waals surface area contributed by atoms with Gasteiger partial charge in [0.25, 0.3) is 10.2 Å². The second-order valence-electron chi connectivity index (χ2n) is 4.09. The molecular weight excluding hydrogens is 270 g/mol. The molecule has 0 fully saturated rings. The number of hydrogen-bond donors (Lipinski definition) is 2. The summed E-state index contributed by atoms with van der Waals surface area (Å²) < 4.78 is 27.3. The summed E-state index contributed by atoms with van der Waals surface area (Å²) in [6.45, 7) is 1.63. The summed E-state index contributed by atoms with van der Waals surface area (Å²) in [5.74, 6) is -1.04. The molecule has 1 heterocycles. The van der Waals surface area contributed by atoms with E-state index in [1.807, 2.05) is 0 Å². The highest BCUT2D eigenvalue weighted by atomic mass is 32.2. The van der Waals surface area contributed by atoms with E-state index in [0.717, 1.165) is 9.87 Å². The molecule has 0 aliphatic rings. The van der Waals surface area contributed by atoms with Gasteiger partial charge in [-0.3, -0.25) is 9.78 Å². The molecular formula is C11H17N3O4S. The predicted molar refractivity (Wildman–Crippen MR) is 69.6 cm³/mol.